The number of ether oxygens (including phenoxy) is 1. The Bertz CT molecular complexity index is 1090. The molecule has 0 saturated carbocycles. The first-order valence-electron chi connectivity index (χ1n) is 8.67. The van der Waals surface area contributed by atoms with Gasteiger partial charge in [-0.3, -0.25) is 4.40 Å². The molecule has 0 atom stereocenters. The first-order valence-corrected chi connectivity index (χ1v) is 8.67. The summed E-state index contributed by atoms with van der Waals surface area (Å²) in [5.74, 6) is 1.32. The van der Waals surface area contributed by atoms with E-state index in [2.05, 4.69) is 20.3 Å². The highest BCUT2D eigenvalue weighted by molar-refractivity contribution is 5.72. The topological polar surface area (TPSA) is 78.3 Å². The van der Waals surface area contributed by atoms with Crippen LogP contribution in [0.15, 0.2) is 41.2 Å². The number of methoxy groups -OCH3 is 1. The van der Waals surface area contributed by atoms with Crippen LogP contribution < -0.4 is 4.74 Å². The number of halogens is 1. The van der Waals surface area contributed by atoms with Gasteiger partial charge in [0.1, 0.15) is 17.9 Å². The molecular weight excluding hydrogens is 349 g/mol. The summed E-state index contributed by atoms with van der Waals surface area (Å²) in [5, 5.41) is 12.2. The summed E-state index contributed by atoms with van der Waals surface area (Å²) in [6.07, 6.45) is 3.38. The second-order valence-electron chi connectivity index (χ2n) is 6.05. The minimum Gasteiger partial charge on any atom is -0.496 e. The van der Waals surface area contributed by atoms with Crippen LogP contribution in [0, 0.1) is 5.82 Å². The molecule has 0 amide bonds. The van der Waals surface area contributed by atoms with Gasteiger partial charge in [-0.15, -0.1) is 10.2 Å². The standard InChI is InChI=1S/C19H18FN5O2/c1-3-17-22-18(24-27-17)14-10-8-12(25-11-21-23-19(14)25)7-9-13-15(20)5-4-6-16(13)26-2/h4-6,8,10-11H,3,7,9H2,1-2H3. The fraction of sp³-hybridized carbons (Fsp3) is 0.263. The maximum absolute atomic E-state index is 14.2. The molecule has 138 valence electrons. The third kappa shape index (κ3) is 3.14. The van der Waals surface area contributed by atoms with E-state index in [0.717, 1.165) is 11.3 Å². The summed E-state index contributed by atoms with van der Waals surface area (Å²) in [4.78, 5) is 4.36. The molecule has 4 rings (SSSR count). The normalized spacial score (nSPS) is 11.2. The van der Waals surface area contributed by atoms with Gasteiger partial charge in [0.15, 0.2) is 5.65 Å². The highest BCUT2D eigenvalue weighted by Gasteiger charge is 2.16. The largest absolute Gasteiger partial charge is 0.496 e. The molecule has 0 N–H and O–H groups in total. The van der Waals surface area contributed by atoms with Crippen molar-refractivity contribution < 1.29 is 13.7 Å². The smallest absolute Gasteiger partial charge is 0.226 e. The molecule has 1 aromatic carbocycles. The van der Waals surface area contributed by atoms with E-state index >= 15 is 0 Å². The van der Waals surface area contributed by atoms with Gasteiger partial charge in [-0.05, 0) is 37.1 Å². The fourth-order valence-electron chi connectivity index (χ4n) is 3.08. The second kappa shape index (κ2) is 7.14. The molecule has 0 fully saturated rings. The first-order chi connectivity index (χ1) is 13.2. The number of aromatic nitrogens is 5. The Morgan fingerprint density at radius 1 is 1.19 bits per heavy atom. The summed E-state index contributed by atoms with van der Waals surface area (Å²) in [6.45, 7) is 1.95. The lowest BCUT2D eigenvalue weighted by Crippen LogP contribution is -2.03. The molecule has 4 aromatic rings. The predicted octanol–water partition coefficient (Wildman–Crippen LogP) is 3.27. The van der Waals surface area contributed by atoms with Crippen LogP contribution in [-0.2, 0) is 19.3 Å². The van der Waals surface area contributed by atoms with Crippen molar-refractivity contribution in [2.75, 3.05) is 7.11 Å². The van der Waals surface area contributed by atoms with Gasteiger partial charge in [0.2, 0.25) is 11.7 Å². The maximum Gasteiger partial charge on any atom is 0.226 e. The second-order valence-corrected chi connectivity index (χ2v) is 6.05. The van der Waals surface area contributed by atoms with Gasteiger partial charge in [-0.25, -0.2) is 4.39 Å². The lowest BCUT2D eigenvalue weighted by Gasteiger charge is -2.11. The van der Waals surface area contributed by atoms with Gasteiger partial charge in [0.05, 0.1) is 12.7 Å². The molecule has 0 aliphatic heterocycles. The molecule has 3 aromatic heterocycles. The lowest BCUT2D eigenvalue weighted by molar-refractivity contribution is 0.383. The predicted molar refractivity (Wildman–Crippen MR) is 96.0 cm³/mol. The van der Waals surface area contributed by atoms with E-state index in [4.69, 9.17) is 9.26 Å². The SMILES string of the molecule is CCc1nc(-c2ccc(CCc3c(F)cccc3OC)n3cnnc23)no1. The number of nitrogens with zero attached hydrogens (tertiary/aromatic N) is 5. The number of rotatable bonds is 6. The van der Waals surface area contributed by atoms with Crippen molar-refractivity contribution in [3.63, 3.8) is 0 Å². The van der Waals surface area contributed by atoms with E-state index in [1.807, 2.05) is 23.5 Å². The summed E-state index contributed by atoms with van der Waals surface area (Å²) in [5.41, 5.74) is 2.87. The van der Waals surface area contributed by atoms with Gasteiger partial charge < -0.3 is 9.26 Å². The quantitative estimate of drug-likeness (QED) is 0.520. The van der Waals surface area contributed by atoms with Gasteiger partial charge in [-0.1, -0.05) is 18.1 Å². The number of aryl methyl sites for hydroxylation is 2. The number of benzene rings is 1. The van der Waals surface area contributed by atoms with Crippen LogP contribution in [-0.4, -0.2) is 31.8 Å². The summed E-state index contributed by atoms with van der Waals surface area (Å²) in [7, 11) is 1.54. The third-order valence-corrected chi connectivity index (χ3v) is 4.48. The number of hydrogen-bond donors (Lipinski definition) is 0. The summed E-state index contributed by atoms with van der Waals surface area (Å²) in [6, 6.07) is 8.68. The van der Waals surface area contributed by atoms with Crippen LogP contribution >= 0.6 is 0 Å². The average molecular weight is 367 g/mol. The molecule has 7 nitrogen and oxygen atoms in total. The Balaban J connectivity index is 1.67. The summed E-state index contributed by atoms with van der Waals surface area (Å²) >= 11 is 0. The van der Waals surface area contributed by atoms with Crippen LogP contribution in [0.5, 0.6) is 5.75 Å². The van der Waals surface area contributed by atoms with Crippen molar-refractivity contribution in [2.45, 2.75) is 26.2 Å². The number of fused-ring (bicyclic) bond motifs is 1. The molecule has 0 unspecified atom stereocenters. The average Bonchev–Trinajstić information content (AvgIpc) is 3.36. The molecule has 0 aliphatic carbocycles. The van der Waals surface area contributed by atoms with E-state index in [9.17, 15) is 4.39 Å². The summed E-state index contributed by atoms with van der Waals surface area (Å²) < 4.78 is 26.5. The van der Waals surface area contributed by atoms with E-state index in [-0.39, 0.29) is 5.82 Å². The first kappa shape index (κ1) is 17.1. The zero-order valence-electron chi connectivity index (χ0n) is 15.0. The Morgan fingerprint density at radius 3 is 2.85 bits per heavy atom. The monoisotopic (exact) mass is 367 g/mol. The molecule has 3 heterocycles. The van der Waals surface area contributed by atoms with Crippen LogP contribution in [0.4, 0.5) is 4.39 Å². The Labute approximate surface area is 154 Å². The van der Waals surface area contributed by atoms with Gasteiger partial charge in [0, 0.05) is 17.7 Å². The van der Waals surface area contributed by atoms with Crippen molar-refractivity contribution >= 4 is 5.65 Å². The van der Waals surface area contributed by atoms with E-state index in [1.165, 1.54) is 6.07 Å². The third-order valence-electron chi connectivity index (χ3n) is 4.48. The Morgan fingerprint density at radius 2 is 2.07 bits per heavy atom. The van der Waals surface area contributed by atoms with Crippen molar-refractivity contribution in [1.29, 1.82) is 0 Å². The Hall–Kier alpha value is -3.29. The maximum atomic E-state index is 14.2. The minimum atomic E-state index is -0.273. The van der Waals surface area contributed by atoms with Crippen LogP contribution in [0.3, 0.4) is 0 Å². The molecule has 0 bridgehead atoms. The molecule has 0 radical (unpaired) electrons. The number of pyridine rings is 1. The van der Waals surface area contributed by atoms with Gasteiger partial charge >= 0.3 is 0 Å². The molecule has 0 aliphatic rings. The van der Waals surface area contributed by atoms with Crippen LogP contribution in [0.2, 0.25) is 0 Å². The number of hydrogen-bond acceptors (Lipinski definition) is 6. The highest BCUT2D eigenvalue weighted by Crippen LogP contribution is 2.25. The molecule has 0 saturated heterocycles. The van der Waals surface area contributed by atoms with Crippen LogP contribution in [0.1, 0.15) is 24.1 Å². The van der Waals surface area contributed by atoms with Gasteiger partial charge in [0.25, 0.3) is 0 Å². The molecule has 0 spiro atoms. The van der Waals surface area contributed by atoms with E-state index in [0.29, 0.717) is 47.9 Å². The fourth-order valence-corrected chi connectivity index (χ4v) is 3.08. The molecular formula is C19H18FN5O2. The van der Waals surface area contributed by atoms with Crippen molar-refractivity contribution in [3.8, 4) is 17.1 Å². The van der Waals surface area contributed by atoms with E-state index in [1.54, 1.807) is 25.6 Å². The van der Waals surface area contributed by atoms with Crippen LogP contribution in [0.25, 0.3) is 17.0 Å². The van der Waals surface area contributed by atoms with E-state index < -0.39 is 0 Å². The zero-order valence-corrected chi connectivity index (χ0v) is 15.0. The van der Waals surface area contributed by atoms with Crippen molar-refractivity contribution in [3.05, 3.63) is 59.6 Å². The molecule has 27 heavy (non-hydrogen) atoms. The zero-order chi connectivity index (χ0) is 18.8. The van der Waals surface area contributed by atoms with Gasteiger partial charge in [-0.2, -0.15) is 4.98 Å². The molecule has 8 heteroatoms. The Kier molecular flexibility index (Phi) is 4.53. The van der Waals surface area contributed by atoms with Crippen molar-refractivity contribution in [1.82, 2.24) is 24.7 Å². The lowest BCUT2D eigenvalue weighted by atomic mass is 10.1. The highest BCUT2D eigenvalue weighted by atomic mass is 19.1. The van der Waals surface area contributed by atoms with Crippen molar-refractivity contribution in [2.24, 2.45) is 0 Å². The minimum absolute atomic E-state index is 0.273.